The van der Waals surface area contributed by atoms with Gasteiger partial charge in [-0.2, -0.15) is 26.3 Å². The first-order chi connectivity index (χ1) is 13.8. The van der Waals surface area contributed by atoms with Crippen molar-refractivity contribution in [1.29, 1.82) is 0 Å². The van der Waals surface area contributed by atoms with Gasteiger partial charge in [-0.05, 0) is 18.6 Å². The van der Waals surface area contributed by atoms with Crippen LogP contribution in [0.4, 0.5) is 32.2 Å². The summed E-state index contributed by atoms with van der Waals surface area (Å²) in [5, 5.41) is -0.382. The molecule has 30 heavy (non-hydrogen) atoms. The molecule has 1 unspecified atom stereocenters. The molecular formula is C17H14ClF6N5S. The van der Waals surface area contributed by atoms with Crippen molar-refractivity contribution in [2.75, 3.05) is 5.73 Å². The maximum absolute atomic E-state index is 13.3. The van der Waals surface area contributed by atoms with Gasteiger partial charge in [0.2, 0.25) is 0 Å². The van der Waals surface area contributed by atoms with Crippen molar-refractivity contribution in [3.8, 4) is 0 Å². The molecule has 3 aromatic heterocycles. The quantitative estimate of drug-likeness (QED) is 0.231. The lowest BCUT2D eigenvalue weighted by Crippen LogP contribution is -2.34. The molecule has 0 saturated heterocycles. The first-order valence-corrected chi connectivity index (χ1v) is 9.58. The van der Waals surface area contributed by atoms with Crippen LogP contribution in [0.15, 0.2) is 29.7 Å². The van der Waals surface area contributed by atoms with Crippen LogP contribution < -0.4 is 5.73 Å². The minimum atomic E-state index is -5.50. The number of hydrogen-bond acceptors (Lipinski definition) is 5. The predicted molar refractivity (Wildman–Crippen MR) is 101 cm³/mol. The Morgan fingerprint density at radius 1 is 1.10 bits per heavy atom. The highest BCUT2D eigenvalue weighted by Gasteiger charge is 2.58. The molecule has 0 aliphatic carbocycles. The molecular weight excluding hydrogens is 456 g/mol. The number of hydrogen-bond donors (Lipinski definition) is 1. The molecule has 0 aromatic carbocycles. The second-order valence-electron chi connectivity index (χ2n) is 6.50. The number of anilines is 1. The van der Waals surface area contributed by atoms with Crippen molar-refractivity contribution in [2.45, 2.75) is 35.6 Å². The molecule has 0 fully saturated rings. The maximum atomic E-state index is 13.3. The van der Waals surface area contributed by atoms with Crippen molar-refractivity contribution in [3.63, 3.8) is 0 Å². The Morgan fingerprint density at radius 2 is 1.73 bits per heavy atom. The van der Waals surface area contributed by atoms with E-state index in [1.54, 1.807) is 6.92 Å². The molecule has 0 saturated carbocycles. The van der Waals surface area contributed by atoms with Crippen LogP contribution in [0.5, 0.6) is 0 Å². The Morgan fingerprint density at radius 3 is 2.30 bits per heavy atom. The second-order valence-corrected chi connectivity index (χ2v) is 8.19. The molecule has 3 heterocycles. The van der Waals surface area contributed by atoms with Gasteiger partial charge < -0.3 is 10.3 Å². The smallest absolute Gasteiger partial charge is 0.384 e. The molecule has 0 aliphatic heterocycles. The molecule has 0 aliphatic rings. The fraction of sp³-hybridized carbons (Fsp3) is 0.353. The van der Waals surface area contributed by atoms with Crippen molar-refractivity contribution in [1.82, 2.24) is 19.5 Å². The minimum absolute atomic E-state index is 0.101. The summed E-state index contributed by atoms with van der Waals surface area (Å²) in [4.78, 5) is 12.2. The van der Waals surface area contributed by atoms with E-state index in [2.05, 4.69) is 15.0 Å². The first kappa shape index (κ1) is 22.5. The second kappa shape index (κ2) is 7.80. The number of pyridine rings is 1. The van der Waals surface area contributed by atoms with Gasteiger partial charge in [0, 0.05) is 24.7 Å². The molecule has 3 aromatic rings. The molecule has 0 radical (unpaired) electrons. The number of nitrogens with zero attached hydrogens (tertiary/aromatic N) is 4. The molecule has 0 bridgehead atoms. The van der Waals surface area contributed by atoms with Gasteiger partial charge in [0.1, 0.15) is 11.0 Å². The SMILES string of the molecule is CC(Sc1nc(N)cc(Cl)n1)c1cc2c(C(C(F)(F)F)C(F)(F)F)cn(C)c2cn1. The average Bonchev–Trinajstić information content (AvgIpc) is 2.87. The van der Waals surface area contributed by atoms with Gasteiger partial charge in [0.15, 0.2) is 11.1 Å². The van der Waals surface area contributed by atoms with E-state index in [1.807, 2.05) is 0 Å². The standard InChI is InChI=1S/C17H14ClF6N5S/c1-7(30-15-27-12(18)4-13(25)28-15)10-3-8-9(6-29(2)11(8)5-26-10)14(16(19,20)21)17(22,23)24/h3-7,14H,1-2H3,(H2,25,27,28). The number of rotatable bonds is 4. The highest BCUT2D eigenvalue weighted by atomic mass is 35.5. The summed E-state index contributed by atoms with van der Waals surface area (Å²) in [6.07, 6.45) is -8.92. The van der Waals surface area contributed by atoms with Gasteiger partial charge in [-0.3, -0.25) is 4.98 Å². The fourth-order valence-corrected chi connectivity index (χ4v) is 4.12. The fourth-order valence-electron chi connectivity index (χ4n) is 3.00. The van der Waals surface area contributed by atoms with E-state index in [0.29, 0.717) is 0 Å². The molecule has 2 N–H and O–H groups in total. The number of alkyl halides is 6. The Kier molecular flexibility index (Phi) is 5.84. The van der Waals surface area contributed by atoms with E-state index in [0.717, 1.165) is 18.0 Å². The van der Waals surface area contributed by atoms with Gasteiger partial charge in [-0.1, -0.05) is 23.4 Å². The molecule has 1 atom stereocenters. The summed E-state index contributed by atoms with van der Waals surface area (Å²) in [6.45, 7) is 1.66. The van der Waals surface area contributed by atoms with E-state index < -0.39 is 29.1 Å². The zero-order valence-corrected chi connectivity index (χ0v) is 17.0. The zero-order chi connectivity index (χ0) is 22.4. The highest BCUT2D eigenvalue weighted by Crippen LogP contribution is 2.48. The molecule has 0 amide bonds. The number of halogens is 7. The van der Waals surface area contributed by atoms with Crippen LogP contribution in [0.25, 0.3) is 10.9 Å². The molecule has 0 spiro atoms. The molecule has 3 rings (SSSR count). The average molecular weight is 470 g/mol. The normalized spacial score (nSPS) is 13.9. The number of nitrogens with two attached hydrogens (primary N) is 1. The van der Waals surface area contributed by atoms with Crippen LogP contribution in [0, 0.1) is 0 Å². The van der Waals surface area contributed by atoms with E-state index in [1.165, 1.54) is 29.9 Å². The third kappa shape index (κ3) is 4.59. The van der Waals surface area contributed by atoms with Crippen LogP contribution in [-0.4, -0.2) is 31.9 Å². The van der Waals surface area contributed by atoms with Crippen LogP contribution in [0.3, 0.4) is 0 Å². The zero-order valence-electron chi connectivity index (χ0n) is 15.4. The lowest BCUT2D eigenvalue weighted by atomic mass is 9.97. The summed E-state index contributed by atoms with van der Waals surface area (Å²) >= 11 is 6.89. The van der Waals surface area contributed by atoms with Gasteiger partial charge >= 0.3 is 12.4 Å². The highest BCUT2D eigenvalue weighted by molar-refractivity contribution is 7.99. The van der Waals surface area contributed by atoms with E-state index in [4.69, 9.17) is 17.3 Å². The number of nitrogen functional groups attached to an aromatic ring is 1. The lowest BCUT2D eigenvalue weighted by Gasteiger charge is -2.22. The Labute approximate surface area is 175 Å². The van der Waals surface area contributed by atoms with Crippen LogP contribution in [0.2, 0.25) is 5.15 Å². The van der Waals surface area contributed by atoms with Crippen molar-refractivity contribution < 1.29 is 26.3 Å². The maximum Gasteiger partial charge on any atom is 0.404 e. The van der Waals surface area contributed by atoms with Crippen LogP contribution >= 0.6 is 23.4 Å². The molecule has 162 valence electrons. The van der Waals surface area contributed by atoms with Crippen LogP contribution in [-0.2, 0) is 7.05 Å². The number of fused-ring (bicyclic) bond motifs is 1. The molecule has 13 heteroatoms. The third-order valence-electron chi connectivity index (χ3n) is 4.29. The largest absolute Gasteiger partial charge is 0.404 e. The Bertz CT molecular complexity index is 1050. The summed E-state index contributed by atoms with van der Waals surface area (Å²) in [5.41, 5.74) is 5.13. The van der Waals surface area contributed by atoms with Crippen molar-refractivity contribution >= 4 is 40.1 Å². The number of aryl methyl sites for hydroxylation is 1. The van der Waals surface area contributed by atoms with E-state index in [9.17, 15) is 26.3 Å². The number of aromatic nitrogens is 4. The monoisotopic (exact) mass is 469 g/mol. The number of thioether (sulfide) groups is 1. The summed E-state index contributed by atoms with van der Waals surface area (Å²) < 4.78 is 80.8. The molecule has 5 nitrogen and oxygen atoms in total. The minimum Gasteiger partial charge on any atom is -0.384 e. The topological polar surface area (TPSA) is 69.6 Å². The van der Waals surface area contributed by atoms with E-state index >= 15 is 0 Å². The van der Waals surface area contributed by atoms with Gasteiger partial charge in [0.25, 0.3) is 0 Å². The van der Waals surface area contributed by atoms with Crippen LogP contribution in [0.1, 0.15) is 29.3 Å². The van der Waals surface area contributed by atoms with Crippen molar-refractivity contribution in [3.05, 3.63) is 40.9 Å². The first-order valence-electron chi connectivity index (χ1n) is 8.32. The van der Waals surface area contributed by atoms with E-state index in [-0.39, 0.29) is 32.7 Å². The van der Waals surface area contributed by atoms with Gasteiger partial charge in [-0.25, -0.2) is 9.97 Å². The lowest BCUT2D eigenvalue weighted by molar-refractivity contribution is -0.253. The summed E-state index contributed by atoms with van der Waals surface area (Å²) in [5.74, 6) is -3.49. The summed E-state index contributed by atoms with van der Waals surface area (Å²) in [6, 6.07) is 2.56. The Hall–Kier alpha value is -2.21. The van der Waals surface area contributed by atoms with Gasteiger partial charge in [0.05, 0.1) is 22.7 Å². The third-order valence-corrected chi connectivity index (χ3v) is 5.47. The summed E-state index contributed by atoms with van der Waals surface area (Å²) in [7, 11) is 1.36. The predicted octanol–water partition coefficient (Wildman–Crippen LogP) is 5.66. The van der Waals surface area contributed by atoms with Crippen molar-refractivity contribution in [2.24, 2.45) is 7.05 Å². The Balaban J connectivity index is 2.06. The van der Waals surface area contributed by atoms with Gasteiger partial charge in [-0.15, -0.1) is 0 Å².